The van der Waals surface area contributed by atoms with Crippen molar-refractivity contribution in [3.8, 4) is 0 Å². The molecule has 0 radical (unpaired) electrons. The van der Waals surface area contributed by atoms with Crippen molar-refractivity contribution in [2.75, 3.05) is 0 Å². The lowest BCUT2D eigenvalue weighted by atomic mass is 10.0. The summed E-state index contributed by atoms with van der Waals surface area (Å²) in [5, 5.41) is 4.28. The SMILES string of the molecule is CC(C)Cn1ncnc1CC(NN)C1CCC(C)O1. The Balaban J connectivity index is 2.00. The van der Waals surface area contributed by atoms with E-state index in [0.29, 0.717) is 12.0 Å². The van der Waals surface area contributed by atoms with Crippen molar-refractivity contribution >= 4 is 0 Å². The van der Waals surface area contributed by atoms with E-state index in [-0.39, 0.29) is 12.1 Å². The third-order valence-corrected chi connectivity index (χ3v) is 3.56. The summed E-state index contributed by atoms with van der Waals surface area (Å²) < 4.78 is 7.85. The fraction of sp³-hybridized carbons (Fsp3) is 0.846. The lowest BCUT2D eigenvalue weighted by Crippen LogP contribution is -2.46. The van der Waals surface area contributed by atoms with E-state index in [2.05, 4.69) is 36.3 Å². The standard InChI is InChI=1S/C13H25N5O/c1-9(2)7-18-13(15-8-16-18)6-11(17-14)12-5-4-10(3)19-12/h8-12,17H,4-7,14H2,1-3H3. The summed E-state index contributed by atoms with van der Waals surface area (Å²) in [6, 6.07) is 0.0973. The number of rotatable bonds is 6. The molecule has 1 fully saturated rings. The topological polar surface area (TPSA) is 78.0 Å². The predicted molar refractivity (Wildman–Crippen MR) is 73.2 cm³/mol. The Bertz CT molecular complexity index is 392. The Morgan fingerprint density at radius 1 is 1.53 bits per heavy atom. The molecule has 19 heavy (non-hydrogen) atoms. The molecule has 2 heterocycles. The second-order valence-electron chi connectivity index (χ2n) is 5.79. The first kappa shape index (κ1) is 14.4. The number of hydrogen-bond acceptors (Lipinski definition) is 5. The van der Waals surface area contributed by atoms with Gasteiger partial charge in [-0.25, -0.2) is 9.67 Å². The maximum Gasteiger partial charge on any atom is 0.138 e. The first-order valence-electron chi connectivity index (χ1n) is 7.08. The van der Waals surface area contributed by atoms with Crippen LogP contribution in [-0.2, 0) is 17.7 Å². The van der Waals surface area contributed by atoms with Crippen LogP contribution in [0.1, 0.15) is 39.4 Å². The normalized spacial score (nSPS) is 25.1. The molecule has 1 aliphatic heterocycles. The van der Waals surface area contributed by atoms with Crippen LogP contribution in [0, 0.1) is 5.92 Å². The van der Waals surface area contributed by atoms with Gasteiger partial charge < -0.3 is 4.74 Å². The Hall–Kier alpha value is -0.980. The van der Waals surface area contributed by atoms with Crippen LogP contribution in [-0.4, -0.2) is 33.0 Å². The Kier molecular flexibility index (Phi) is 4.90. The van der Waals surface area contributed by atoms with Gasteiger partial charge in [-0.2, -0.15) is 5.10 Å². The van der Waals surface area contributed by atoms with Gasteiger partial charge in [0, 0.05) is 13.0 Å². The average molecular weight is 267 g/mol. The average Bonchev–Trinajstić information content (AvgIpc) is 2.95. The molecular weight excluding hydrogens is 242 g/mol. The van der Waals surface area contributed by atoms with E-state index in [1.54, 1.807) is 6.33 Å². The van der Waals surface area contributed by atoms with Crippen LogP contribution >= 0.6 is 0 Å². The van der Waals surface area contributed by atoms with Gasteiger partial charge in [-0.05, 0) is 25.7 Å². The molecular formula is C13H25N5O. The minimum atomic E-state index is 0.0973. The van der Waals surface area contributed by atoms with Gasteiger partial charge in [0.25, 0.3) is 0 Å². The third kappa shape index (κ3) is 3.75. The van der Waals surface area contributed by atoms with E-state index < -0.39 is 0 Å². The molecule has 2 rings (SSSR count). The van der Waals surface area contributed by atoms with Gasteiger partial charge >= 0.3 is 0 Å². The number of aromatic nitrogens is 3. The zero-order valence-electron chi connectivity index (χ0n) is 12.0. The summed E-state index contributed by atoms with van der Waals surface area (Å²) in [5.41, 5.74) is 2.88. The largest absolute Gasteiger partial charge is 0.374 e. The van der Waals surface area contributed by atoms with E-state index in [9.17, 15) is 0 Å². The van der Waals surface area contributed by atoms with Crippen molar-refractivity contribution in [3.05, 3.63) is 12.2 Å². The van der Waals surface area contributed by atoms with Gasteiger partial charge in [0.1, 0.15) is 12.2 Å². The van der Waals surface area contributed by atoms with Crippen LogP contribution in [0.25, 0.3) is 0 Å². The van der Waals surface area contributed by atoms with Gasteiger partial charge in [-0.1, -0.05) is 13.8 Å². The van der Waals surface area contributed by atoms with E-state index in [4.69, 9.17) is 10.6 Å². The van der Waals surface area contributed by atoms with Crippen molar-refractivity contribution < 1.29 is 4.74 Å². The first-order valence-corrected chi connectivity index (χ1v) is 7.08. The van der Waals surface area contributed by atoms with E-state index in [1.807, 2.05) is 4.68 Å². The number of nitrogens with zero attached hydrogens (tertiary/aromatic N) is 3. The van der Waals surface area contributed by atoms with Gasteiger partial charge in [-0.15, -0.1) is 0 Å². The fourth-order valence-electron chi connectivity index (χ4n) is 2.57. The summed E-state index contributed by atoms with van der Waals surface area (Å²) in [6.45, 7) is 7.33. The molecule has 1 saturated heterocycles. The zero-order chi connectivity index (χ0) is 13.8. The highest BCUT2D eigenvalue weighted by molar-refractivity contribution is 4.94. The van der Waals surface area contributed by atoms with Crippen LogP contribution in [0.4, 0.5) is 0 Å². The number of nitrogens with one attached hydrogen (secondary N) is 1. The minimum absolute atomic E-state index is 0.0973. The molecule has 0 amide bonds. The Labute approximate surface area is 114 Å². The highest BCUT2D eigenvalue weighted by atomic mass is 16.5. The zero-order valence-corrected chi connectivity index (χ0v) is 12.0. The smallest absolute Gasteiger partial charge is 0.138 e. The maximum absolute atomic E-state index is 5.88. The molecule has 1 aromatic heterocycles. The Morgan fingerprint density at radius 3 is 2.89 bits per heavy atom. The van der Waals surface area contributed by atoms with Gasteiger partial charge in [0.2, 0.25) is 0 Å². The van der Waals surface area contributed by atoms with Gasteiger partial charge in [0.15, 0.2) is 0 Å². The summed E-state index contributed by atoms with van der Waals surface area (Å²) in [7, 11) is 0. The Morgan fingerprint density at radius 2 is 2.32 bits per heavy atom. The monoisotopic (exact) mass is 267 g/mol. The van der Waals surface area contributed by atoms with Gasteiger partial charge in [-0.3, -0.25) is 11.3 Å². The molecule has 0 saturated carbocycles. The van der Waals surface area contributed by atoms with Crippen LogP contribution in [0.5, 0.6) is 0 Å². The van der Waals surface area contributed by atoms with E-state index in [0.717, 1.165) is 31.6 Å². The molecule has 0 bridgehead atoms. The van der Waals surface area contributed by atoms with Crippen molar-refractivity contribution in [2.24, 2.45) is 11.8 Å². The number of nitrogens with two attached hydrogens (primary N) is 1. The van der Waals surface area contributed by atoms with Crippen LogP contribution in [0.3, 0.4) is 0 Å². The van der Waals surface area contributed by atoms with Crippen LogP contribution in [0.2, 0.25) is 0 Å². The van der Waals surface area contributed by atoms with Crippen LogP contribution < -0.4 is 11.3 Å². The summed E-state index contributed by atoms with van der Waals surface area (Å²) >= 11 is 0. The molecule has 3 N–H and O–H groups in total. The number of hydrazine groups is 1. The van der Waals surface area contributed by atoms with Crippen LogP contribution in [0.15, 0.2) is 6.33 Å². The maximum atomic E-state index is 5.88. The van der Waals surface area contributed by atoms with Crippen molar-refractivity contribution in [2.45, 2.75) is 64.8 Å². The van der Waals surface area contributed by atoms with E-state index >= 15 is 0 Å². The summed E-state index contributed by atoms with van der Waals surface area (Å²) in [6.07, 6.45) is 5.01. The molecule has 0 spiro atoms. The third-order valence-electron chi connectivity index (χ3n) is 3.56. The summed E-state index contributed by atoms with van der Waals surface area (Å²) in [5.74, 6) is 7.20. The first-order chi connectivity index (χ1) is 9.10. The molecule has 6 nitrogen and oxygen atoms in total. The second-order valence-corrected chi connectivity index (χ2v) is 5.79. The minimum Gasteiger partial charge on any atom is -0.374 e. The summed E-state index contributed by atoms with van der Waals surface area (Å²) in [4.78, 5) is 4.35. The molecule has 0 aliphatic carbocycles. The molecule has 0 aromatic carbocycles. The quantitative estimate of drug-likeness (QED) is 0.591. The molecule has 108 valence electrons. The van der Waals surface area contributed by atoms with Crippen molar-refractivity contribution in [1.82, 2.24) is 20.2 Å². The number of ether oxygens (including phenoxy) is 1. The molecule has 1 aromatic rings. The number of hydrogen-bond donors (Lipinski definition) is 2. The molecule has 3 atom stereocenters. The predicted octanol–water partition coefficient (Wildman–Crippen LogP) is 0.876. The van der Waals surface area contributed by atoms with Crippen molar-refractivity contribution in [3.63, 3.8) is 0 Å². The molecule has 6 heteroatoms. The highest BCUT2D eigenvalue weighted by Gasteiger charge is 2.30. The molecule has 1 aliphatic rings. The fourth-order valence-corrected chi connectivity index (χ4v) is 2.57. The van der Waals surface area contributed by atoms with Crippen molar-refractivity contribution in [1.29, 1.82) is 0 Å². The molecule has 3 unspecified atom stereocenters. The van der Waals surface area contributed by atoms with E-state index in [1.165, 1.54) is 0 Å². The highest BCUT2D eigenvalue weighted by Crippen LogP contribution is 2.23. The lowest BCUT2D eigenvalue weighted by Gasteiger charge is -2.22. The van der Waals surface area contributed by atoms with Gasteiger partial charge in [0.05, 0.1) is 18.2 Å². The second kappa shape index (κ2) is 6.45. The lowest BCUT2D eigenvalue weighted by molar-refractivity contribution is 0.0313.